The molecule has 4 aromatic carbocycles. The molecule has 44 heavy (non-hydrogen) atoms. The van der Waals surface area contributed by atoms with Crippen LogP contribution in [0.4, 0.5) is 18.9 Å². The van der Waals surface area contributed by atoms with Crippen LogP contribution in [-0.2, 0) is 11.0 Å². The normalized spacial score (nSPS) is 11.6. The van der Waals surface area contributed by atoms with Crippen LogP contribution in [0, 0.1) is 0 Å². The number of benzene rings is 4. The van der Waals surface area contributed by atoms with Gasteiger partial charge in [-0.05, 0) is 58.4 Å². The first-order valence-electron chi connectivity index (χ1n) is 12.8. The maximum atomic E-state index is 13.5. The number of fused-ring (bicyclic) bond motifs is 1. The number of amides is 1. The standard InChI is InChI=1S/C31H21BrClF3N4O4/c1-43-24-15-19(26(32)27(33)28(24)44-17-25(41)38-21-10-3-2-4-11-21)16-37-40-29(18-8-7-9-20(14-18)31(34,35)36)39-23-13-6-5-12-22(23)30(40)42/h2-16H,17H2,1H3,(H,38,41). The summed E-state index contributed by atoms with van der Waals surface area (Å²) in [6.07, 6.45) is -3.33. The first-order chi connectivity index (χ1) is 21.1. The molecule has 5 rings (SSSR count). The zero-order valence-electron chi connectivity index (χ0n) is 22.7. The second-order valence-corrected chi connectivity index (χ2v) is 10.4. The van der Waals surface area contributed by atoms with Gasteiger partial charge in [-0.2, -0.15) is 22.9 Å². The van der Waals surface area contributed by atoms with Gasteiger partial charge in [-0.1, -0.05) is 54.1 Å². The van der Waals surface area contributed by atoms with Crippen molar-refractivity contribution >= 4 is 56.2 Å². The molecule has 0 aliphatic heterocycles. The highest BCUT2D eigenvalue weighted by Crippen LogP contribution is 2.42. The molecule has 5 aromatic rings. The Morgan fingerprint density at radius 1 is 1.07 bits per heavy atom. The third-order valence-corrected chi connectivity index (χ3v) is 7.74. The Labute approximate surface area is 261 Å². The largest absolute Gasteiger partial charge is 0.493 e. The molecule has 1 amide bonds. The number of rotatable bonds is 8. The first kappa shape index (κ1) is 30.8. The maximum Gasteiger partial charge on any atom is 0.416 e. The minimum absolute atomic E-state index is 0.0343. The highest BCUT2D eigenvalue weighted by molar-refractivity contribution is 9.10. The predicted molar refractivity (Wildman–Crippen MR) is 166 cm³/mol. The van der Waals surface area contributed by atoms with Crippen LogP contribution >= 0.6 is 27.5 Å². The molecule has 1 aromatic heterocycles. The van der Waals surface area contributed by atoms with Crippen LogP contribution in [0.3, 0.4) is 0 Å². The van der Waals surface area contributed by atoms with E-state index in [1.807, 2.05) is 6.07 Å². The molecule has 0 aliphatic rings. The molecule has 0 saturated carbocycles. The van der Waals surface area contributed by atoms with Gasteiger partial charge in [-0.15, -0.1) is 0 Å². The van der Waals surface area contributed by atoms with Gasteiger partial charge in [-0.3, -0.25) is 9.59 Å². The van der Waals surface area contributed by atoms with E-state index in [-0.39, 0.29) is 39.9 Å². The van der Waals surface area contributed by atoms with Gasteiger partial charge in [0, 0.05) is 21.3 Å². The summed E-state index contributed by atoms with van der Waals surface area (Å²) >= 11 is 9.97. The highest BCUT2D eigenvalue weighted by Gasteiger charge is 2.31. The number of methoxy groups -OCH3 is 1. The summed E-state index contributed by atoms with van der Waals surface area (Å²) in [6, 6.07) is 21.2. The molecule has 1 heterocycles. The average Bonchev–Trinajstić information content (AvgIpc) is 3.02. The molecule has 224 valence electrons. The minimum atomic E-state index is -4.61. The molecule has 0 spiro atoms. The number of aromatic nitrogens is 2. The summed E-state index contributed by atoms with van der Waals surface area (Å²) in [6.45, 7) is -0.372. The molecule has 0 radical (unpaired) electrons. The summed E-state index contributed by atoms with van der Waals surface area (Å²) in [5.74, 6) is -0.291. The van der Waals surface area contributed by atoms with Gasteiger partial charge < -0.3 is 14.8 Å². The molecule has 0 saturated heterocycles. The molecule has 0 atom stereocenters. The average molecular weight is 686 g/mol. The zero-order valence-corrected chi connectivity index (χ0v) is 25.1. The number of nitrogens with zero attached hydrogens (tertiary/aromatic N) is 3. The van der Waals surface area contributed by atoms with Crippen LogP contribution in [-0.4, -0.2) is 35.5 Å². The number of halogens is 5. The van der Waals surface area contributed by atoms with Crippen LogP contribution in [0.5, 0.6) is 11.5 Å². The maximum absolute atomic E-state index is 13.5. The van der Waals surface area contributed by atoms with E-state index in [9.17, 15) is 22.8 Å². The number of hydrogen-bond acceptors (Lipinski definition) is 6. The van der Waals surface area contributed by atoms with E-state index < -0.39 is 23.2 Å². The summed E-state index contributed by atoms with van der Waals surface area (Å²) in [5, 5.41) is 7.28. The SMILES string of the molecule is COc1cc(C=Nn2c(-c3cccc(C(F)(F)F)c3)nc3ccccc3c2=O)c(Br)c(Cl)c1OCC(=O)Nc1ccccc1. The molecule has 0 unspecified atom stereocenters. The summed E-state index contributed by atoms with van der Waals surface area (Å²) in [4.78, 5) is 30.4. The van der Waals surface area contributed by atoms with E-state index >= 15 is 0 Å². The number of carbonyl (C=O) groups is 1. The Morgan fingerprint density at radius 2 is 1.80 bits per heavy atom. The molecule has 1 N–H and O–H groups in total. The van der Waals surface area contributed by atoms with Crippen LogP contribution in [0.1, 0.15) is 11.1 Å². The first-order valence-corrected chi connectivity index (χ1v) is 14.0. The van der Waals surface area contributed by atoms with E-state index in [1.165, 1.54) is 31.5 Å². The topological polar surface area (TPSA) is 94.8 Å². The van der Waals surface area contributed by atoms with Crippen LogP contribution < -0.4 is 20.3 Å². The van der Waals surface area contributed by atoms with Gasteiger partial charge in [0.05, 0.1) is 29.8 Å². The molecule has 8 nitrogen and oxygen atoms in total. The lowest BCUT2D eigenvalue weighted by Crippen LogP contribution is -2.21. The quantitative estimate of drug-likeness (QED) is 0.172. The van der Waals surface area contributed by atoms with Crippen molar-refractivity contribution in [3.8, 4) is 22.9 Å². The fourth-order valence-electron chi connectivity index (χ4n) is 4.21. The van der Waals surface area contributed by atoms with Gasteiger partial charge in [-0.25, -0.2) is 4.98 Å². The van der Waals surface area contributed by atoms with Crippen molar-refractivity contribution in [3.63, 3.8) is 0 Å². The van der Waals surface area contributed by atoms with E-state index in [0.29, 0.717) is 21.2 Å². The van der Waals surface area contributed by atoms with Gasteiger partial charge in [0.25, 0.3) is 11.5 Å². The Morgan fingerprint density at radius 3 is 2.52 bits per heavy atom. The van der Waals surface area contributed by atoms with Crippen molar-refractivity contribution in [2.45, 2.75) is 6.18 Å². The molecule has 0 bridgehead atoms. The van der Waals surface area contributed by atoms with Gasteiger partial charge in [0.15, 0.2) is 23.9 Å². The van der Waals surface area contributed by atoms with Crippen LogP contribution in [0.25, 0.3) is 22.3 Å². The van der Waals surface area contributed by atoms with E-state index in [0.717, 1.165) is 16.8 Å². The number of alkyl halides is 3. The van der Waals surface area contributed by atoms with Gasteiger partial charge in [0.1, 0.15) is 5.02 Å². The van der Waals surface area contributed by atoms with Gasteiger partial charge >= 0.3 is 6.18 Å². The second-order valence-electron chi connectivity index (χ2n) is 9.22. The van der Waals surface area contributed by atoms with E-state index in [1.54, 1.807) is 48.5 Å². The molecule has 0 aliphatic carbocycles. The fourth-order valence-corrected chi connectivity index (χ4v) is 4.87. The van der Waals surface area contributed by atoms with Crippen molar-refractivity contribution in [1.82, 2.24) is 9.66 Å². The van der Waals surface area contributed by atoms with E-state index in [2.05, 4.69) is 31.3 Å². The van der Waals surface area contributed by atoms with Gasteiger partial charge in [0.2, 0.25) is 0 Å². The molecular weight excluding hydrogens is 665 g/mol. The summed E-state index contributed by atoms with van der Waals surface area (Å²) < 4.78 is 52.8. The second kappa shape index (κ2) is 12.9. The lowest BCUT2D eigenvalue weighted by atomic mass is 10.1. The summed E-state index contributed by atoms with van der Waals surface area (Å²) in [7, 11) is 1.38. The third kappa shape index (κ3) is 6.61. The van der Waals surface area contributed by atoms with Crippen molar-refractivity contribution in [3.05, 3.63) is 116 Å². The minimum Gasteiger partial charge on any atom is -0.493 e. The molecule has 13 heteroatoms. The Bertz CT molecular complexity index is 1950. The predicted octanol–water partition coefficient (Wildman–Crippen LogP) is 7.41. The number of carbonyl (C=O) groups excluding carboxylic acids is 1. The van der Waals surface area contributed by atoms with Crippen LogP contribution in [0.2, 0.25) is 5.02 Å². The van der Waals surface area contributed by atoms with E-state index in [4.69, 9.17) is 21.1 Å². The zero-order chi connectivity index (χ0) is 31.4. The number of para-hydroxylation sites is 2. The lowest BCUT2D eigenvalue weighted by molar-refractivity contribution is -0.137. The van der Waals surface area contributed by atoms with Crippen molar-refractivity contribution < 1.29 is 27.4 Å². The number of anilines is 1. The summed E-state index contributed by atoms with van der Waals surface area (Å²) in [5.41, 5.74) is -0.247. The number of nitrogens with one attached hydrogen (secondary N) is 1. The van der Waals surface area contributed by atoms with Crippen molar-refractivity contribution in [1.29, 1.82) is 0 Å². The Balaban J connectivity index is 1.52. The fraction of sp³-hybridized carbons (Fsp3) is 0.0968. The molecule has 0 fully saturated rings. The number of ether oxygens (including phenoxy) is 2. The monoisotopic (exact) mass is 684 g/mol. The number of hydrogen-bond donors (Lipinski definition) is 1. The van der Waals surface area contributed by atoms with Crippen molar-refractivity contribution in [2.75, 3.05) is 19.0 Å². The van der Waals surface area contributed by atoms with Crippen LogP contribution in [0.15, 0.2) is 99.3 Å². The van der Waals surface area contributed by atoms with Crippen molar-refractivity contribution in [2.24, 2.45) is 5.10 Å². The molecular formula is C31H21BrClF3N4O4. The smallest absolute Gasteiger partial charge is 0.416 e. The Hall–Kier alpha value is -4.68. The third-order valence-electron chi connectivity index (χ3n) is 6.30. The Kier molecular flexibility index (Phi) is 9.02. The lowest BCUT2D eigenvalue weighted by Gasteiger charge is -2.15. The highest BCUT2D eigenvalue weighted by atomic mass is 79.9.